The molecule has 0 bridgehead atoms. The molecule has 1 aromatic heterocycles. The van der Waals surface area contributed by atoms with E-state index < -0.39 is 5.60 Å². The molecule has 5 nitrogen and oxygen atoms in total. The Hall–Kier alpha value is -1.67. The molecule has 0 radical (unpaired) electrons. The lowest BCUT2D eigenvalue weighted by Crippen LogP contribution is -2.43. The SMILES string of the molecule is N#Cc1ccnc(NCC2(O)CCC2)n1. The minimum absolute atomic E-state index is 0.327. The van der Waals surface area contributed by atoms with Gasteiger partial charge in [-0.25, -0.2) is 9.97 Å². The smallest absolute Gasteiger partial charge is 0.223 e. The molecule has 1 aliphatic carbocycles. The van der Waals surface area contributed by atoms with Crippen molar-refractivity contribution in [2.24, 2.45) is 0 Å². The molecule has 78 valence electrons. The zero-order valence-corrected chi connectivity index (χ0v) is 8.27. The van der Waals surface area contributed by atoms with Gasteiger partial charge in [-0.05, 0) is 25.3 Å². The zero-order chi connectivity index (χ0) is 10.7. The molecule has 2 N–H and O–H groups in total. The van der Waals surface area contributed by atoms with E-state index in [1.54, 1.807) is 6.07 Å². The van der Waals surface area contributed by atoms with Crippen LogP contribution in [0.25, 0.3) is 0 Å². The fourth-order valence-corrected chi connectivity index (χ4v) is 1.51. The number of aromatic nitrogens is 2. The molecule has 1 aliphatic rings. The molecule has 0 atom stereocenters. The van der Waals surface area contributed by atoms with Crippen molar-refractivity contribution in [2.45, 2.75) is 24.9 Å². The van der Waals surface area contributed by atoms with E-state index >= 15 is 0 Å². The molecule has 2 rings (SSSR count). The largest absolute Gasteiger partial charge is 0.388 e. The first-order chi connectivity index (χ1) is 7.22. The van der Waals surface area contributed by atoms with Crippen LogP contribution in [-0.2, 0) is 0 Å². The molecule has 5 heteroatoms. The third-order valence-electron chi connectivity index (χ3n) is 2.63. The van der Waals surface area contributed by atoms with Crippen LogP contribution in [0.1, 0.15) is 25.0 Å². The zero-order valence-electron chi connectivity index (χ0n) is 8.27. The summed E-state index contributed by atoms with van der Waals surface area (Å²) in [5.41, 5.74) is -0.278. The Labute approximate surface area is 87.8 Å². The molecule has 1 heterocycles. The van der Waals surface area contributed by atoms with E-state index in [4.69, 9.17) is 5.26 Å². The van der Waals surface area contributed by atoms with Crippen LogP contribution in [0.5, 0.6) is 0 Å². The fraction of sp³-hybridized carbons (Fsp3) is 0.500. The molecule has 0 amide bonds. The van der Waals surface area contributed by atoms with Gasteiger partial charge in [-0.3, -0.25) is 0 Å². The number of aliphatic hydroxyl groups is 1. The Morgan fingerprint density at radius 1 is 1.60 bits per heavy atom. The van der Waals surface area contributed by atoms with Crippen molar-refractivity contribution in [3.63, 3.8) is 0 Å². The van der Waals surface area contributed by atoms with Crippen LogP contribution in [0.2, 0.25) is 0 Å². The maximum atomic E-state index is 9.81. The average Bonchev–Trinajstić information content (AvgIpc) is 2.24. The number of hydrogen-bond acceptors (Lipinski definition) is 5. The van der Waals surface area contributed by atoms with Crippen LogP contribution in [0.4, 0.5) is 5.95 Å². The molecule has 1 saturated carbocycles. The van der Waals surface area contributed by atoms with Crippen LogP contribution in [0, 0.1) is 11.3 Å². The summed E-state index contributed by atoms with van der Waals surface area (Å²) in [6.07, 6.45) is 4.23. The van der Waals surface area contributed by atoms with Crippen molar-refractivity contribution < 1.29 is 5.11 Å². The van der Waals surface area contributed by atoms with Gasteiger partial charge in [0.2, 0.25) is 5.95 Å². The molecule has 0 unspecified atom stereocenters. The molecule has 0 aromatic carbocycles. The van der Waals surface area contributed by atoms with Gasteiger partial charge in [-0.1, -0.05) is 0 Å². The molecular formula is C10H12N4O. The van der Waals surface area contributed by atoms with Gasteiger partial charge in [-0.15, -0.1) is 0 Å². The summed E-state index contributed by atoms with van der Waals surface area (Å²) in [5.74, 6) is 0.398. The van der Waals surface area contributed by atoms with Crippen LogP contribution in [0.15, 0.2) is 12.3 Å². The van der Waals surface area contributed by atoms with Crippen molar-refractivity contribution in [1.82, 2.24) is 9.97 Å². The highest BCUT2D eigenvalue weighted by Crippen LogP contribution is 2.31. The summed E-state index contributed by atoms with van der Waals surface area (Å²) in [5, 5.41) is 21.4. The lowest BCUT2D eigenvalue weighted by Gasteiger charge is -2.36. The Balaban J connectivity index is 1.96. The summed E-state index contributed by atoms with van der Waals surface area (Å²) in [6.45, 7) is 0.446. The second kappa shape index (κ2) is 3.83. The maximum Gasteiger partial charge on any atom is 0.223 e. The van der Waals surface area contributed by atoms with Crippen LogP contribution < -0.4 is 5.32 Å². The summed E-state index contributed by atoms with van der Waals surface area (Å²) < 4.78 is 0. The quantitative estimate of drug-likeness (QED) is 0.756. The molecule has 0 saturated heterocycles. The highest BCUT2D eigenvalue weighted by molar-refractivity contribution is 5.30. The maximum absolute atomic E-state index is 9.81. The van der Waals surface area contributed by atoms with Gasteiger partial charge < -0.3 is 10.4 Å². The second-order valence-corrected chi connectivity index (χ2v) is 3.81. The van der Waals surface area contributed by atoms with Crippen LogP contribution >= 0.6 is 0 Å². The first-order valence-corrected chi connectivity index (χ1v) is 4.91. The van der Waals surface area contributed by atoms with Gasteiger partial charge in [0.05, 0.1) is 5.60 Å². The number of nitrogens with zero attached hydrogens (tertiary/aromatic N) is 3. The first kappa shape index (κ1) is 9.87. The summed E-state index contributed by atoms with van der Waals surface area (Å²) in [4.78, 5) is 7.92. The Morgan fingerprint density at radius 2 is 2.40 bits per heavy atom. The number of rotatable bonds is 3. The van der Waals surface area contributed by atoms with Crippen molar-refractivity contribution >= 4 is 5.95 Å². The molecule has 15 heavy (non-hydrogen) atoms. The Kier molecular flexibility index (Phi) is 2.52. The van der Waals surface area contributed by atoms with Gasteiger partial charge in [0.25, 0.3) is 0 Å². The molecule has 1 aromatic rings. The van der Waals surface area contributed by atoms with E-state index in [1.165, 1.54) is 6.20 Å². The van der Waals surface area contributed by atoms with Crippen molar-refractivity contribution in [1.29, 1.82) is 5.26 Å². The lowest BCUT2D eigenvalue weighted by atomic mass is 9.80. The number of nitriles is 1. The Bertz CT molecular complexity index is 395. The highest BCUT2D eigenvalue weighted by Gasteiger charge is 2.34. The second-order valence-electron chi connectivity index (χ2n) is 3.81. The monoisotopic (exact) mass is 204 g/mol. The summed E-state index contributed by atoms with van der Waals surface area (Å²) in [7, 11) is 0. The average molecular weight is 204 g/mol. The highest BCUT2D eigenvalue weighted by atomic mass is 16.3. The van der Waals surface area contributed by atoms with Crippen molar-refractivity contribution in [3.8, 4) is 6.07 Å². The summed E-state index contributed by atoms with van der Waals surface area (Å²) >= 11 is 0. The number of hydrogen-bond donors (Lipinski definition) is 2. The predicted molar refractivity (Wildman–Crippen MR) is 54.0 cm³/mol. The van der Waals surface area contributed by atoms with Gasteiger partial charge >= 0.3 is 0 Å². The molecule has 0 aliphatic heterocycles. The molecule has 1 fully saturated rings. The van der Waals surface area contributed by atoms with E-state index in [0.717, 1.165) is 19.3 Å². The standard InChI is InChI=1S/C10H12N4O/c11-6-8-2-5-12-9(14-8)13-7-10(15)3-1-4-10/h2,5,15H,1,3-4,7H2,(H,12,13,14). The van der Waals surface area contributed by atoms with Gasteiger partial charge in [0, 0.05) is 12.7 Å². The van der Waals surface area contributed by atoms with Crippen molar-refractivity contribution in [3.05, 3.63) is 18.0 Å². The van der Waals surface area contributed by atoms with Crippen LogP contribution in [0.3, 0.4) is 0 Å². The molecular weight excluding hydrogens is 192 g/mol. The van der Waals surface area contributed by atoms with Gasteiger partial charge in [0.15, 0.2) is 0 Å². The van der Waals surface area contributed by atoms with E-state index in [-0.39, 0.29) is 0 Å². The van der Waals surface area contributed by atoms with Gasteiger partial charge in [-0.2, -0.15) is 5.26 Å². The summed E-state index contributed by atoms with van der Waals surface area (Å²) in [6, 6.07) is 3.48. The van der Waals surface area contributed by atoms with Crippen LogP contribution in [-0.4, -0.2) is 27.2 Å². The van der Waals surface area contributed by atoms with Gasteiger partial charge in [0.1, 0.15) is 11.8 Å². The topological polar surface area (TPSA) is 81.8 Å². The lowest BCUT2D eigenvalue weighted by molar-refractivity contribution is -0.0203. The van der Waals surface area contributed by atoms with E-state index in [2.05, 4.69) is 15.3 Å². The number of nitrogens with one attached hydrogen (secondary N) is 1. The third-order valence-corrected chi connectivity index (χ3v) is 2.63. The Morgan fingerprint density at radius 3 is 3.00 bits per heavy atom. The predicted octanol–water partition coefficient (Wildman–Crippen LogP) is 0.675. The minimum Gasteiger partial charge on any atom is -0.388 e. The third kappa shape index (κ3) is 2.22. The number of anilines is 1. The minimum atomic E-state index is -0.605. The first-order valence-electron chi connectivity index (χ1n) is 4.91. The normalized spacial score (nSPS) is 17.6. The van der Waals surface area contributed by atoms with Crippen molar-refractivity contribution in [2.75, 3.05) is 11.9 Å². The molecule has 0 spiro atoms. The van der Waals surface area contributed by atoms with E-state index in [0.29, 0.717) is 18.2 Å². The van der Waals surface area contributed by atoms with E-state index in [1.807, 2.05) is 6.07 Å². The fourth-order valence-electron chi connectivity index (χ4n) is 1.51. The van der Waals surface area contributed by atoms with E-state index in [9.17, 15) is 5.11 Å².